The summed E-state index contributed by atoms with van der Waals surface area (Å²) in [6.45, 7) is 3.22. The first kappa shape index (κ1) is 27.2. The molecule has 1 aromatic heterocycles. The first-order chi connectivity index (χ1) is 17.4. The predicted octanol–water partition coefficient (Wildman–Crippen LogP) is 4.75. The van der Waals surface area contributed by atoms with Gasteiger partial charge in [-0.3, -0.25) is 9.78 Å². The average Bonchev–Trinajstić information content (AvgIpc) is 3.40. The molecule has 2 aliphatic rings. The average molecular weight is 516 g/mol. The van der Waals surface area contributed by atoms with Crippen molar-refractivity contribution in [3.05, 3.63) is 35.5 Å². The van der Waals surface area contributed by atoms with Crippen molar-refractivity contribution in [2.75, 3.05) is 32.5 Å². The standard InChI is InChI=1S/C28H41N3O4S/c1-35-21-6-7-24-23(16-21)27(20(18-29)19-30-24)25(32)8-9-28(17-26(33)34)10-12-31(13-11-28)14-15-36-22-4-2-3-5-22/h6-7,16,19,22,25,32H,2-5,8-15,17-18,29H2,1H3,(H,33,34)/t25-/m1/s1. The number of aliphatic hydroxyl groups excluding tert-OH is 1. The number of carbonyl (C=O) groups is 1. The second-order valence-corrected chi connectivity index (χ2v) is 11.9. The van der Waals surface area contributed by atoms with Gasteiger partial charge in [0.1, 0.15) is 5.75 Å². The molecule has 0 spiro atoms. The van der Waals surface area contributed by atoms with Crippen LogP contribution in [0.2, 0.25) is 0 Å². The van der Waals surface area contributed by atoms with Gasteiger partial charge in [0.05, 0.1) is 25.2 Å². The van der Waals surface area contributed by atoms with E-state index in [2.05, 4.69) is 21.6 Å². The van der Waals surface area contributed by atoms with Crippen molar-refractivity contribution in [3.63, 3.8) is 0 Å². The third kappa shape index (κ3) is 6.71. The molecule has 0 bridgehead atoms. The van der Waals surface area contributed by atoms with Crippen molar-refractivity contribution in [1.82, 2.24) is 9.88 Å². The van der Waals surface area contributed by atoms with Crippen LogP contribution in [0.25, 0.3) is 10.9 Å². The summed E-state index contributed by atoms with van der Waals surface area (Å²) in [6.07, 6.45) is 9.50. The van der Waals surface area contributed by atoms with Crippen LogP contribution in [0, 0.1) is 5.41 Å². The molecule has 1 aliphatic heterocycles. The summed E-state index contributed by atoms with van der Waals surface area (Å²) in [7, 11) is 1.62. The summed E-state index contributed by atoms with van der Waals surface area (Å²) in [5.41, 5.74) is 8.10. The molecule has 1 aromatic carbocycles. The van der Waals surface area contributed by atoms with E-state index in [1.807, 2.05) is 18.2 Å². The zero-order valence-electron chi connectivity index (χ0n) is 21.5. The maximum absolute atomic E-state index is 11.8. The topological polar surface area (TPSA) is 109 Å². The van der Waals surface area contributed by atoms with Gasteiger partial charge in [-0.15, -0.1) is 0 Å². The predicted molar refractivity (Wildman–Crippen MR) is 145 cm³/mol. The molecule has 0 amide bonds. The Kier molecular flexibility index (Phi) is 9.50. The maximum Gasteiger partial charge on any atom is 0.303 e. The van der Waals surface area contributed by atoms with Crippen LogP contribution in [0.3, 0.4) is 0 Å². The number of aromatic nitrogens is 1. The number of ether oxygens (including phenoxy) is 1. The highest BCUT2D eigenvalue weighted by atomic mass is 32.2. The van der Waals surface area contributed by atoms with Crippen LogP contribution in [0.5, 0.6) is 5.75 Å². The number of hydrogen-bond acceptors (Lipinski definition) is 7. The Morgan fingerprint density at radius 1 is 1.31 bits per heavy atom. The number of thioether (sulfide) groups is 1. The van der Waals surface area contributed by atoms with Gasteiger partial charge in [0.2, 0.25) is 0 Å². The minimum absolute atomic E-state index is 0.152. The van der Waals surface area contributed by atoms with Crippen LogP contribution in [0.4, 0.5) is 0 Å². The number of aliphatic carboxylic acids is 1. The number of carboxylic acids is 1. The van der Waals surface area contributed by atoms with Crippen molar-refractivity contribution in [1.29, 1.82) is 0 Å². The smallest absolute Gasteiger partial charge is 0.303 e. The third-order valence-electron chi connectivity index (χ3n) is 8.21. The van der Waals surface area contributed by atoms with Gasteiger partial charge in [-0.25, -0.2) is 0 Å². The van der Waals surface area contributed by atoms with E-state index in [4.69, 9.17) is 10.5 Å². The molecule has 2 heterocycles. The van der Waals surface area contributed by atoms with Crippen LogP contribution in [-0.4, -0.2) is 63.8 Å². The van der Waals surface area contributed by atoms with E-state index in [0.717, 1.165) is 65.5 Å². The van der Waals surface area contributed by atoms with Gasteiger partial charge in [0, 0.05) is 35.7 Å². The van der Waals surface area contributed by atoms with Crippen LogP contribution in [-0.2, 0) is 11.3 Å². The molecule has 198 valence electrons. The second kappa shape index (κ2) is 12.6. The van der Waals surface area contributed by atoms with Crippen LogP contribution < -0.4 is 10.5 Å². The zero-order chi connectivity index (χ0) is 25.5. The van der Waals surface area contributed by atoms with E-state index >= 15 is 0 Å². The summed E-state index contributed by atoms with van der Waals surface area (Å²) in [6, 6.07) is 5.64. The van der Waals surface area contributed by atoms with Crippen LogP contribution in [0.15, 0.2) is 24.4 Å². The first-order valence-corrected chi connectivity index (χ1v) is 14.4. The molecular formula is C28H41N3O4S. The summed E-state index contributed by atoms with van der Waals surface area (Å²) in [5, 5.41) is 22.7. The van der Waals surface area contributed by atoms with Gasteiger partial charge < -0.3 is 25.6 Å². The number of carboxylic acid groups (broad SMARTS) is 1. The van der Waals surface area contributed by atoms with Crippen molar-refractivity contribution >= 4 is 28.6 Å². The van der Waals surface area contributed by atoms with Gasteiger partial charge >= 0.3 is 5.97 Å². The molecule has 1 atom stereocenters. The van der Waals surface area contributed by atoms with Crippen molar-refractivity contribution in [3.8, 4) is 5.75 Å². The number of rotatable bonds is 12. The molecular weight excluding hydrogens is 474 g/mol. The molecule has 36 heavy (non-hydrogen) atoms. The minimum atomic E-state index is -0.753. The molecule has 0 radical (unpaired) electrons. The lowest BCUT2D eigenvalue weighted by molar-refractivity contribution is -0.141. The number of piperidine rings is 1. The van der Waals surface area contributed by atoms with E-state index in [1.54, 1.807) is 13.3 Å². The van der Waals surface area contributed by atoms with Crippen molar-refractivity contribution in [2.24, 2.45) is 11.1 Å². The van der Waals surface area contributed by atoms with Crippen molar-refractivity contribution in [2.45, 2.75) is 75.7 Å². The summed E-state index contributed by atoms with van der Waals surface area (Å²) >= 11 is 2.11. The molecule has 1 saturated carbocycles. The largest absolute Gasteiger partial charge is 0.497 e. The Hall–Kier alpha value is -1.87. The highest BCUT2D eigenvalue weighted by molar-refractivity contribution is 7.99. The van der Waals surface area contributed by atoms with Gasteiger partial charge in [-0.1, -0.05) is 12.8 Å². The van der Waals surface area contributed by atoms with Gasteiger partial charge in [-0.2, -0.15) is 11.8 Å². The number of fused-ring (bicyclic) bond motifs is 1. The van der Waals surface area contributed by atoms with Crippen LogP contribution >= 0.6 is 11.8 Å². The number of methoxy groups -OCH3 is 1. The Labute approximate surface area is 218 Å². The number of hydrogen-bond donors (Lipinski definition) is 3. The van der Waals surface area contributed by atoms with E-state index < -0.39 is 12.1 Å². The van der Waals surface area contributed by atoms with Gasteiger partial charge in [0.15, 0.2) is 0 Å². The number of nitrogens with two attached hydrogens (primary N) is 1. The fourth-order valence-electron chi connectivity index (χ4n) is 5.99. The molecule has 2 fully saturated rings. The summed E-state index contributed by atoms with van der Waals surface area (Å²) in [5.74, 6) is 1.11. The molecule has 1 aliphatic carbocycles. The van der Waals surface area contributed by atoms with E-state index in [0.29, 0.717) is 18.6 Å². The molecule has 8 heteroatoms. The van der Waals surface area contributed by atoms with Gasteiger partial charge in [0.25, 0.3) is 0 Å². The quantitative estimate of drug-likeness (QED) is 0.372. The van der Waals surface area contributed by atoms with E-state index in [1.165, 1.54) is 25.7 Å². The van der Waals surface area contributed by atoms with Gasteiger partial charge in [-0.05, 0) is 86.4 Å². The normalized spacial score (nSPS) is 19.5. The Morgan fingerprint density at radius 3 is 2.72 bits per heavy atom. The molecule has 0 unspecified atom stereocenters. The third-order valence-corrected chi connectivity index (χ3v) is 9.57. The first-order valence-electron chi connectivity index (χ1n) is 13.3. The van der Waals surface area contributed by atoms with E-state index in [-0.39, 0.29) is 18.4 Å². The Balaban J connectivity index is 1.41. The molecule has 7 nitrogen and oxygen atoms in total. The number of nitrogens with zero attached hydrogens (tertiary/aromatic N) is 2. The molecule has 1 saturated heterocycles. The molecule has 2 aromatic rings. The number of pyridine rings is 1. The van der Waals surface area contributed by atoms with Crippen LogP contribution in [0.1, 0.15) is 75.0 Å². The lowest BCUT2D eigenvalue weighted by Gasteiger charge is -2.41. The fraction of sp³-hybridized carbons (Fsp3) is 0.643. The number of aliphatic hydroxyl groups is 1. The highest BCUT2D eigenvalue weighted by Gasteiger charge is 2.37. The summed E-state index contributed by atoms with van der Waals surface area (Å²) in [4.78, 5) is 18.8. The lowest BCUT2D eigenvalue weighted by atomic mass is 9.71. The molecule has 4 N–H and O–H groups in total. The SMILES string of the molecule is COc1ccc2ncc(CN)c([C@H](O)CCC3(CC(=O)O)CCN(CCSC4CCCC4)CC3)c2c1. The highest BCUT2D eigenvalue weighted by Crippen LogP contribution is 2.42. The summed E-state index contributed by atoms with van der Waals surface area (Å²) < 4.78 is 5.40. The Morgan fingerprint density at radius 2 is 2.06 bits per heavy atom. The lowest BCUT2D eigenvalue weighted by Crippen LogP contribution is -2.42. The zero-order valence-corrected chi connectivity index (χ0v) is 22.3. The van der Waals surface area contributed by atoms with E-state index in [9.17, 15) is 15.0 Å². The molecule has 4 rings (SSSR count). The Bertz CT molecular complexity index is 1010. The minimum Gasteiger partial charge on any atom is -0.497 e. The maximum atomic E-state index is 11.8. The monoisotopic (exact) mass is 515 g/mol. The van der Waals surface area contributed by atoms with Crippen molar-refractivity contribution < 1.29 is 19.7 Å². The second-order valence-electron chi connectivity index (χ2n) is 10.5. The fourth-order valence-corrected chi connectivity index (χ4v) is 7.36. The number of likely N-dealkylation sites (tertiary alicyclic amines) is 1. The number of benzene rings is 1.